The molecular formula is C22H22N6O. The van der Waals surface area contributed by atoms with Crippen LogP contribution in [0.5, 0.6) is 0 Å². The van der Waals surface area contributed by atoms with Gasteiger partial charge in [0.25, 0.3) is 5.56 Å². The zero-order chi connectivity index (χ0) is 20.2. The summed E-state index contributed by atoms with van der Waals surface area (Å²) in [6, 6.07) is 17.7. The average Bonchev–Trinajstić information content (AvgIpc) is 2.75. The van der Waals surface area contributed by atoms with Crippen molar-refractivity contribution in [2.45, 2.75) is 13.3 Å². The van der Waals surface area contributed by atoms with E-state index < -0.39 is 0 Å². The average molecular weight is 386 g/mol. The number of anilines is 3. The quantitative estimate of drug-likeness (QED) is 0.521. The number of aromatic nitrogens is 4. The molecule has 0 aliphatic carbocycles. The number of fused-ring (bicyclic) bond motifs is 1. The van der Waals surface area contributed by atoms with Crippen LogP contribution in [0, 0.1) is 0 Å². The molecule has 0 atom stereocenters. The van der Waals surface area contributed by atoms with Crippen LogP contribution < -0.4 is 15.8 Å². The van der Waals surface area contributed by atoms with Gasteiger partial charge in [-0.15, -0.1) is 0 Å². The molecule has 0 fully saturated rings. The van der Waals surface area contributed by atoms with Gasteiger partial charge in [0.2, 0.25) is 0 Å². The van der Waals surface area contributed by atoms with Crippen molar-refractivity contribution in [3.05, 3.63) is 71.1 Å². The Balaban J connectivity index is 1.75. The van der Waals surface area contributed by atoms with Gasteiger partial charge in [-0.1, -0.05) is 37.3 Å². The van der Waals surface area contributed by atoms with Gasteiger partial charge >= 0.3 is 0 Å². The van der Waals surface area contributed by atoms with E-state index in [2.05, 4.69) is 44.4 Å². The number of hydrogen-bond acceptors (Lipinski definition) is 6. The van der Waals surface area contributed by atoms with Gasteiger partial charge in [0.15, 0.2) is 5.82 Å². The number of hydrogen-bond donors (Lipinski definition) is 2. The predicted octanol–water partition coefficient (Wildman–Crippen LogP) is 3.97. The van der Waals surface area contributed by atoms with Crippen LogP contribution in [0.2, 0.25) is 0 Å². The summed E-state index contributed by atoms with van der Waals surface area (Å²) in [5.74, 6) is 0.986. The third kappa shape index (κ3) is 3.94. The molecular weight excluding hydrogens is 364 g/mol. The third-order valence-corrected chi connectivity index (χ3v) is 4.68. The number of nitrogens with one attached hydrogen (secondary N) is 2. The molecule has 29 heavy (non-hydrogen) atoms. The molecule has 0 spiro atoms. The second kappa shape index (κ2) is 8.10. The Morgan fingerprint density at radius 3 is 2.52 bits per heavy atom. The highest BCUT2D eigenvalue weighted by Crippen LogP contribution is 2.26. The van der Waals surface area contributed by atoms with Crippen molar-refractivity contribution >= 4 is 28.1 Å². The van der Waals surface area contributed by atoms with Crippen LogP contribution >= 0.6 is 0 Å². The van der Waals surface area contributed by atoms with E-state index in [0.29, 0.717) is 22.5 Å². The minimum atomic E-state index is -0.330. The number of benzene rings is 2. The summed E-state index contributed by atoms with van der Waals surface area (Å²) in [5.41, 5.74) is 3.01. The normalized spacial score (nSPS) is 10.8. The Morgan fingerprint density at radius 2 is 1.79 bits per heavy atom. The van der Waals surface area contributed by atoms with Crippen molar-refractivity contribution in [2.75, 3.05) is 23.8 Å². The molecule has 7 nitrogen and oxygen atoms in total. The Bertz CT molecular complexity index is 1170. The summed E-state index contributed by atoms with van der Waals surface area (Å²) < 4.78 is 0. The van der Waals surface area contributed by atoms with E-state index in [1.54, 1.807) is 6.20 Å². The fraction of sp³-hybridized carbons (Fsp3) is 0.182. The van der Waals surface area contributed by atoms with Crippen LogP contribution in [0.25, 0.3) is 22.3 Å². The maximum atomic E-state index is 12.4. The summed E-state index contributed by atoms with van der Waals surface area (Å²) in [6.07, 6.45) is 2.63. The first-order valence-corrected chi connectivity index (χ1v) is 9.55. The van der Waals surface area contributed by atoms with Crippen LogP contribution in [0.3, 0.4) is 0 Å². The van der Waals surface area contributed by atoms with Gasteiger partial charge in [0, 0.05) is 30.5 Å². The lowest BCUT2D eigenvalue weighted by Gasteiger charge is -2.18. The van der Waals surface area contributed by atoms with Crippen molar-refractivity contribution in [1.29, 1.82) is 0 Å². The number of nitrogens with zero attached hydrogens (tertiary/aromatic N) is 4. The number of rotatable bonds is 6. The maximum Gasteiger partial charge on any atom is 0.277 e. The highest BCUT2D eigenvalue weighted by Gasteiger charge is 2.13. The monoisotopic (exact) mass is 386 g/mol. The topological polar surface area (TPSA) is 86.8 Å². The molecule has 0 amide bonds. The summed E-state index contributed by atoms with van der Waals surface area (Å²) in [6.45, 7) is 3.15. The Hall–Kier alpha value is -3.74. The molecule has 0 bridgehead atoms. The molecule has 2 N–H and O–H groups in total. The Labute approximate surface area is 168 Å². The SMILES string of the molecule is CCCN(C)c1ccc(Nc2nc(-c3ccccc3)nc3cn[nH]c(=O)c23)cc1. The van der Waals surface area contributed by atoms with Gasteiger partial charge in [-0.25, -0.2) is 15.1 Å². The summed E-state index contributed by atoms with van der Waals surface area (Å²) >= 11 is 0. The van der Waals surface area contributed by atoms with Crippen LogP contribution in [0.1, 0.15) is 13.3 Å². The Kier molecular flexibility index (Phi) is 5.20. The largest absolute Gasteiger partial charge is 0.375 e. The fourth-order valence-corrected chi connectivity index (χ4v) is 3.21. The molecule has 0 unspecified atom stereocenters. The summed E-state index contributed by atoms with van der Waals surface area (Å²) in [5, 5.41) is 10.0. The lowest BCUT2D eigenvalue weighted by Crippen LogP contribution is -2.17. The van der Waals surface area contributed by atoms with E-state index in [1.165, 1.54) is 0 Å². The molecule has 0 aliphatic heterocycles. The molecule has 4 rings (SSSR count). The Morgan fingerprint density at radius 1 is 1.03 bits per heavy atom. The van der Waals surface area contributed by atoms with E-state index in [-0.39, 0.29) is 5.56 Å². The summed E-state index contributed by atoms with van der Waals surface area (Å²) in [4.78, 5) is 23.8. The van der Waals surface area contributed by atoms with Crippen molar-refractivity contribution in [3.63, 3.8) is 0 Å². The van der Waals surface area contributed by atoms with Crippen LogP contribution in [-0.2, 0) is 0 Å². The van der Waals surface area contributed by atoms with Crippen molar-refractivity contribution in [3.8, 4) is 11.4 Å². The molecule has 2 heterocycles. The van der Waals surface area contributed by atoms with Crippen molar-refractivity contribution in [2.24, 2.45) is 0 Å². The minimum Gasteiger partial charge on any atom is -0.375 e. The zero-order valence-corrected chi connectivity index (χ0v) is 16.4. The molecule has 2 aromatic carbocycles. The molecule has 4 aromatic rings. The van der Waals surface area contributed by atoms with Gasteiger partial charge in [0.05, 0.1) is 6.20 Å². The molecule has 0 radical (unpaired) electrons. The second-order valence-corrected chi connectivity index (χ2v) is 6.81. The van der Waals surface area contributed by atoms with Gasteiger partial charge in [-0.05, 0) is 30.7 Å². The maximum absolute atomic E-state index is 12.4. The fourth-order valence-electron chi connectivity index (χ4n) is 3.21. The molecule has 2 aromatic heterocycles. The first kappa shape index (κ1) is 18.6. The molecule has 146 valence electrons. The van der Waals surface area contributed by atoms with Gasteiger partial charge in [-0.2, -0.15) is 5.10 Å². The summed E-state index contributed by atoms with van der Waals surface area (Å²) in [7, 11) is 2.07. The molecule has 0 aliphatic rings. The zero-order valence-electron chi connectivity index (χ0n) is 16.4. The van der Waals surface area contributed by atoms with Crippen LogP contribution in [-0.4, -0.2) is 33.8 Å². The van der Waals surface area contributed by atoms with Gasteiger partial charge in [0.1, 0.15) is 16.7 Å². The molecule has 0 saturated heterocycles. The van der Waals surface area contributed by atoms with E-state index in [1.807, 2.05) is 54.6 Å². The molecule has 0 saturated carbocycles. The van der Waals surface area contributed by atoms with E-state index in [4.69, 9.17) is 0 Å². The predicted molar refractivity (Wildman–Crippen MR) is 117 cm³/mol. The lowest BCUT2D eigenvalue weighted by atomic mass is 10.2. The van der Waals surface area contributed by atoms with E-state index in [0.717, 1.165) is 29.9 Å². The standard InChI is InChI=1S/C22H22N6O/c1-3-13-28(2)17-11-9-16(10-12-17)24-21-19-18(14-23-27-22(19)29)25-20(26-21)15-7-5-4-6-8-15/h4-12,14H,3,13H2,1-2H3,(H,27,29)(H,24,25,26). The third-order valence-electron chi connectivity index (χ3n) is 4.68. The number of aromatic amines is 1. The van der Waals surface area contributed by atoms with Crippen molar-refractivity contribution < 1.29 is 0 Å². The molecule has 7 heteroatoms. The van der Waals surface area contributed by atoms with Crippen LogP contribution in [0.4, 0.5) is 17.2 Å². The van der Waals surface area contributed by atoms with E-state index in [9.17, 15) is 4.79 Å². The second-order valence-electron chi connectivity index (χ2n) is 6.81. The highest BCUT2D eigenvalue weighted by atomic mass is 16.1. The van der Waals surface area contributed by atoms with E-state index >= 15 is 0 Å². The smallest absolute Gasteiger partial charge is 0.277 e. The van der Waals surface area contributed by atoms with Gasteiger partial charge in [-0.3, -0.25) is 4.79 Å². The minimum absolute atomic E-state index is 0.330. The van der Waals surface area contributed by atoms with Crippen molar-refractivity contribution in [1.82, 2.24) is 20.2 Å². The number of H-pyrrole nitrogens is 1. The first-order chi connectivity index (χ1) is 14.2. The lowest BCUT2D eigenvalue weighted by molar-refractivity contribution is 0.852. The van der Waals surface area contributed by atoms with Crippen LogP contribution in [0.15, 0.2) is 65.6 Å². The highest BCUT2D eigenvalue weighted by molar-refractivity contribution is 5.91. The first-order valence-electron chi connectivity index (χ1n) is 9.55. The van der Waals surface area contributed by atoms with Gasteiger partial charge < -0.3 is 10.2 Å².